The lowest BCUT2D eigenvalue weighted by Gasteiger charge is -2.32. The van der Waals surface area contributed by atoms with Crippen LogP contribution in [0.5, 0.6) is 28.7 Å². The summed E-state index contributed by atoms with van der Waals surface area (Å²) in [5.74, 6) is -1.38. The number of carbonyl (C=O) groups excluding carboxylic acids is 6. The molecule has 0 saturated heterocycles. The average molecular weight is 1170 g/mol. The standard InChI is InChI=1S/C62H67F3N8O12/c1-7-61-31-41(39-13-17-42(18-14-39)69-57(77)37(4)68-58(78)56(36(2)3)70-53(74)12-9-8-10-23-71-54(75)21-22-55(71)76)34-73(61)60(80)46-28-50(82-6)52(30-48(46)67-35-61)84-25-11-24-83-51-29-47-45(27-49(51)81-5)59(79)72-33-40(26-43(72)32-66-47)38-15-19-44(20-16-38)85-62(63,64)65/h13-22,27-30,32-37,43,56,59,79H,7-12,23-26,31H2,1-6H3,(H,68,78)(H,69,77)(H,70,74)/t37-,43-,56-,59?,61-/m0/s1. The van der Waals surface area contributed by atoms with Crippen LogP contribution in [0.2, 0.25) is 0 Å². The van der Waals surface area contributed by atoms with E-state index in [1.54, 1.807) is 85.6 Å². The molecule has 0 aromatic heterocycles. The van der Waals surface area contributed by atoms with Crippen LogP contribution >= 0.6 is 0 Å². The Morgan fingerprint density at radius 3 is 2.06 bits per heavy atom. The zero-order valence-corrected chi connectivity index (χ0v) is 47.9. The van der Waals surface area contributed by atoms with Crippen molar-refractivity contribution in [2.45, 2.75) is 115 Å². The molecular weight excluding hydrogens is 1110 g/mol. The van der Waals surface area contributed by atoms with Crippen molar-refractivity contribution < 1.29 is 70.7 Å². The summed E-state index contributed by atoms with van der Waals surface area (Å²) in [6, 6.07) is 17.3. The number of hydrogen-bond acceptors (Lipinski definition) is 15. The van der Waals surface area contributed by atoms with Gasteiger partial charge in [0.2, 0.25) is 17.7 Å². The second-order valence-corrected chi connectivity index (χ2v) is 21.5. The third-order valence-corrected chi connectivity index (χ3v) is 15.4. The number of imide groups is 1. The zero-order valence-electron chi connectivity index (χ0n) is 47.9. The predicted molar refractivity (Wildman–Crippen MR) is 310 cm³/mol. The van der Waals surface area contributed by atoms with Crippen molar-refractivity contribution in [1.29, 1.82) is 0 Å². The number of anilines is 1. The Hall–Kier alpha value is -8.99. The van der Waals surface area contributed by atoms with E-state index in [9.17, 15) is 47.0 Å². The Kier molecular flexibility index (Phi) is 18.4. The molecule has 4 aromatic carbocycles. The number of ether oxygens (including phenoxy) is 5. The first-order chi connectivity index (χ1) is 40.7. The molecule has 1 unspecified atom stereocenters. The van der Waals surface area contributed by atoms with Crippen molar-refractivity contribution in [2.24, 2.45) is 15.9 Å². The van der Waals surface area contributed by atoms with E-state index in [1.807, 2.05) is 25.3 Å². The molecule has 448 valence electrons. The van der Waals surface area contributed by atoms with Gasteiger partial charge in [-0.25, -0.2) is 0 Å². The Morgan fingerprint density at radius 2 is 1.41 bits per heavy atom. The Bertz CT molecular complexity index is 3360. The van der Waals surface area contributed by atoms with Crippen LogP contribution in [0.3, 0.4) is 0 Å². The molecule has 9 rings (SSSR count). The second-order valence-electron chi connectivity index (χ2n) is 21.5. The van der Waals surface area contributed by atoms with Gasteiger partial charge in [0.25, 0.3) is 17.7 Å². The zero-order chi connectivity index (χ0) is 60.7. The van der Waals surface area contributed by atoms with Gasteiger partial charge in [0.1, 0.15) is 17.8 Å². The Labute approximate surface area is 489 Å². The highest BCUT2D eigenvalue weighted by atomic mass is 19.4. The number of hydrogen-bond donors (Lipinski definition) is 4. The molecule has 0 fully saturated rings. The summed E-state index contributed by atoms with van der Waals surface area (Å²) >= 11 is 0. The summed E-state index contributed by atoms with van der Waals surface area (Å²) < 4.78 is 65.9. The second kappa shape index (κ2) is 25.9. The highest BCUT2D eigenvalue weighted by Gasteiger charge is 2.45. The van der Waals surface area contributed by atoms with Crippen molar-refractivity contribution in [3.63, 3.8) is 0 Å². The van der Waals surface area contributed by atoms with Gasteiger partial charge in [-0.3, -0.25) is 43.7 Å². The number of fused-ring (bicyclic) bond motifs is 4. The molecule has 0 bridgehead atoms. The molecule has 4 aromatic rings. The number of aliphatic hydroxyl groups is 1. The number of alkyl halides is 3. The maximum absolute atomic E-state index is 14.5. The van der Waals surface area contributed by atoms with Crippen LogP contribution < -0.4 is 39.6 Å². The SMILES string of the molecule is CC[C@]12C=Nc3cc(OCCCOc4cc5c(cc4OC)C(O)N4C=C(c6ccc(OC(F)(F)F)cc6)C[C@H]4C=N5)c(OC)cc3C(=O)N1C=C(c1ccc(NC(=O)[C@H](C)NC(=O)[C@@H](NC(=O)CCCCCN3C(=O)C=CC3=O)C(C)C)cc1)C2. The first-order valence-electron chi connectivity index (χ1n) is 28.1. The summed E-state index contributed by atoms with van der Waals surface area (Å²) in [5.41, 5.74) is 4.58. The van der Waals surface area contributed by atoms with Crippen LogP contribution in [0, 0.1) is 5.92 Å². The van der Waals surface area contributed by atoms with E-state index in [4.69, 9.17) is 23.9 Å². The van der Waals surface area contributed by atoms with Crippen molar-refractivity contribution >= 4 is 76.1 Å². The van der Waals surface area contributed by atoms with Gasteiger partial charge in [0.15, 0.2) is 29.2 Å². The summed E-state index contributed by atoms with van der Waals surface area (Å²) in [6.45, 7) is 7.81. The van der Waals surface area contributed by atoms with E-state index in [0.29, 0.717) is 102 Å². The molecule has 85 heavy (non-hydrogen) atoms. The first-order valence-corrected chi connectivity index (χ1v) is 28.1. The molecule has 0 saturated carbocycles. The Balaban J connectivity index is 0.759. The molecule has 6 amide bonds. The number of nitrogens with zero attached hydrogens (tertiary/aromatic N) is 5. The van der Waals surface area contributed by atoms with Gasteiger partial charge in [-0.05, 0) is 97.2 Å². The number of amides is 6. The molecular formula is C62H67F3N8O12. The minimum atomic E-state index is -4.80. The summed E-state index contributed by atoms with van der Waals surface area (Å²) in [7, 11) is 2.97. The number of aliphatic imine (C=N–C) groups is 2. The van der Waals surface area contributed by atoms with Crippen LogP contribution in [0.1, 0.15) is 112 Å². The molecule has 0 radical (unpaired) electrons. The van der Waals surface area contributed by atoms with E-state index >= 15 is 0 Å². The van der Waals surface area contributed by atoms with Crippen LogP contribution in [-0.2, 0) is 24.0 Å². The molecule has 23 heteroatoms. The minimum absolute atomic E-state index is 0.151. The largest absolute Gasteiger partial charge is 0.573 e. The van der Waals surface area contributed by atoms with Gasteiger partial charge in [-0.15, -0.1) is 13.2 Å². The number of benzene rings is 4. The number of carbonyl (C=O) groups is 6. The minimum Gasteiger partial charge on any atom is -0.493 e. The van der Waals surface area contributed by atoms with Gasteiger partial charge in [-0.2, -0.15) is 0 Å². The summed E-state index contributed by atoms with van der Waals surface area (Å²) in [5, 5.41) is 19.9. The quantitative estimate of drug-likeness (QED) is 0.0379. The van der Waals surface area contributed by atoms with Crippen LogP contribution in [0.15, 0.2) is 107 Å². The monoisotopic (exact) mass is 1170 g/mol. The fourth-order valence-electron chi connectivity index (χ4n) is 10.7. The summed E-state index contributed by atoms with van der Waals surface area (Å²) in [4.78, 5) is 91.6. The van der Waals surface area contributed by atoms with Crippen LogP contribution in [0.25, 0.3) is 11.1 Å². The molecule has 0 spiro atoms. The molecule has 4 N–H and O–H groups in total. The van der Waals surface area contributed by atoms with Crippen LogP contribution in [-0.4, -0.2) is 132 Å². The number of halogens is 3. The topological polar surface area (TPSA) is 239 Å². The van der Waals surface area contributed by atoms with Gasteiger partial charge in [-0.1, -0.05) is 51.5 Å². The lowest BCUT2D eigenvalue weighted by molar-refractivity contribution is -0.274. The normalized spacial score (nSPS) is 19.2. The molecule has 5 aliphatic heterocycles. The third kappa shape index (κ3) is 13.8. The lowest BCUT2D eigenvalue weighted by Crippen LogP contribution is -2.53. The van der Waals surface area contributed by atoms with Gasteiger partial charge in [0.05, 0.1) is 56.0 Å². The van der Waals surface area contributed by atoms with Gasteiger partial charge >= 0.3 is 6.36 Å². The molecule has 20 nitrogen and oxygen atoms in total. The maximum atomic E-state index is 14.5. The van der Waals surface area contributed by atoms with E-state index in [2.05, 4.69) is 25.7 Å². The Morgan fingerprint density at radius 1 is 0.765 bits per heavy atom. The molecule has 5 heterocycles. The number of unbranched alkanes of at least 4 members (excludes halogenated alkanes) is 2. The van der Waals surface area contributed by atoms with Crippen molar-refractivity contribution in [3.05, 3.63) is 120 Å². The summed E-state index contributed by atoms with van der Waals surface area (Å²) in [6.07, 6.45) is 7.36. The molecule has 0 aliphatic carbocycles. The lowest BCUT2D eigenvalue weighted by atomic mass is 9.89. The predicted octanol–water partition coefficient (Wildman–Crippen LogP) is 9.09. The number of aliphatic hydroxyl groups excluding tert-OH is 1. The van der Waals surface area contributed by atoms with E-state index in [-0.39, 0.29) is 67.5 Å². The number of methoxy groups -OCH3 is 2. The fraction of sp³-hybridized carbons (Fsp3) is 0.387. The van der Waals surface area contributed by atoms with E-state index in [0.717, 1.165) is 21.6 Å². The van der Waals surface area contributed by atoms with Crippen LogP contribution in [0.4, 0.5) is 30.2 Å². The first kappa shape index (κ1) is 60.6. The van der Waals surface area contributed by atoms with Gasteiger partial charge in [0, 0.05) is 86.2 Å². The number of rotatable bonds is 24. The average Bonchev–Trinajstić information content (AvgIpc) is 2.07. The fourth-order valence-corrected chi connectivity index (χ4v) is 10.7. The highest BCUT2D eigenvalue weighted by molar-refractivity contribution is 6.13. The molecule has 5 atom stereocenters. The maximum Gasteiger partial charge on any atom is 0.573 e. The third-order valence-electron chi connectivity index (χ3n) is 15.4. The van der Waals surface area contributed by atoms with Crippen molar-refractivity contribution in [1.82, 2.24) is 25.3 Å². The highest BCUT2D eigenvalue weighted by Crippen LogP contribution is 2.46. The van der Waals surface area contributed by atoms with Crippen molar-refractivity contribution in [2.75, 3.05) is 39.3 Å². The van der Waals surface area contributed by atoms with E-state index < -0.39 is 42.0 Å². The van der Waals surface area contributed by atoms with Gasteiger partial charge < -0.3 is 54.5 Å². The number of nitrogens with one attached hydrogen (secondary N) is 3. The smallest absolute Gasteiger partial charge is 0.493 e. The molecule has 5 aliphatic rings. The van der Waals surface area contributed by atoms with E-state index in [1.165, 1.54) is 50.6 Å². The van der Waals surface area contributed by atoms with Crippen molar-refractivity contribution in [3.8, 4) is 28.7 Å².